The molecule has 3 atom stereocenters. The molecule has 0 aromatic heterocycles. The fourth-order valence-corrected chi connectivity index (χ4v) is 2.57. The number of rotatable bonds is 7. The molecule has 1 heterocycles. The van der Waals surface area contributed by atoms with Gasteiger partial charge in [0.15, 0.2) is 0 Å². The maximum Gasteiger partial charge on any atom is 0.0445 e. The van der Waals surface area contributed by atoms with Gasteiger partial charge in [-0.15, -0.1) is 0 Å². The van der Waals surface area contributed by atoms with Crippen molar-refractivity contribution >= 4 is 0 Å². The van der Waals surface area contributed by atoms with Crippen LogP contribution in [0.15, 0.2) is 0 Å². The van der Waals surface area contributed by atoms with Gasteiger partial charge in [-0.05, 0) is 45.1 Å². The molecule has 0 aromatic rings. The summed E-state index contributed by atoms with van der Waals surface area (Å²) in [5.74, 6) is 0.589. The molecule has 1 aliphatic heterocycles. The molecular weight excluding hydrogens is 200 g/mol. The molecule has 0 saturated carbocycles. The number of hydrogen-bond donors (Lipinski definition) is 3. The Labute approximate surface area is 100 Å². The van der Waals surface area contributed by atoms with Crippen molar-refractivity contribution in [2.24, 2.45) is 5.92 Å². The highest BCUT2D eigenvalue weighted by Crippen LogP contribution is 2.13. The number of aliphatic hydroxyl groups excluding tert-OH is 1. The molecule has 1 aliphatic rings. The van der Waals surface area contributed by atoms with E-state index in [2.05, 4.69) is 31.4 Å². The Bertz CT molecular complexity index is 179. The Balaban J connectivity index is 2.26. The van der Waals surface area contributed by atoms with E-state index in [1.807, 2.05) is 0 Å². The highest BCUT2D eigenvalue weighted by atomic mass is 16.3. The van der Waals surface area contributed by atoms with Gasteiger partial charge in [-0.1, -0.05) is 13.8 Å². The number of hydrogen-bond acceptors (Lipinski definition) is 3. The van der Waals surface area contributed by atoms with Crippen molar-refractivity contribution in [1.82, 2.24) is 10.6 Å². The summed E-state index contributed by atoms with van der Waals surface area (Å²) in [6.45, 7) is 8.15. The maximum atomic E-state index is 9.03. The third kappa shape index (κ3) is 4.81. The first-order valence-electron chi connectivity index (χ1n) is 6.73. The van der Waals surface area contributed by atoms with Crippen LogP contribution in [0, 0.1) is 5.92 Å². The lowest BCUT2D eigenvalue weighted by Gasteiger charge is -2.27. The van der Waals surface area contributed by atoms with Gasteiger partial charge in [0.2, 0.25) is 0 Å². The molecular formula is C13H28N2O. The van der Waals surface area contributed by atoms with Crippen molar-refractivity contribution in [1.29, 1.82) is 0 Å². The number of nitrogens with one attached hydrogen (secondary N) is 2. The summed E-state index contributed by atoms with van der Waals surface area (Å²) in [6.07, 6.45) is 4.70. The zero-order valence-corrected chi connectivity index (χ0v) is 11.0. The topological polar surface area (TPSA) is 44.3 Å². The zero-order valence-electron chi connectivity index (χ0n) is 11.0. The minimum atomic E-state index is 0.282. The molecule has 96 valence electrons. The van der Waals surface area contributed by atoms with E-state index < -0.39 is 0 Å². The summed E-state index contributed by atoms with van der Waals surface area (Å²) in [5.41, 5.74) is 0. The van der Waals surface area contributed by atoms with Crippen LogP contribution in [0.1, 0.15) is 46.5 Å². The molecule has 0 bridgehead atoms. The van der Waals surface area contributed by atoms with E-state index in [9.17, 15) is 0 Å². The van der Waals surface area contributed by atoms with Crippen LogP contribution in [-0.4, -0.2) is 36.4 Å². The second kappa shape index (κ2) is 7.25. The van der Waals surface area contributed by atoms with Crippen LogP contribution in [-0.2, 0) is 0 Å². The summed E-state index contributed by atoms with van der Waals surface area (Å²) < 4.78 is 0. The average Bonchev–Trinajstić information content (AvgIpc) is 2.69. The second-order valence-corrected chi connectivity index (χ2v) is 5.46. The third-order valence-electron chi connectivity index (χ3n) is 3.54. The van der Waals surface area contributed by atoms with Gasteiger partial charge in [-0.3, -0.25) is 0 Å². The first-order chi connectivity index (χ1) is 7.63. The van der Waals surface area contributed by atoms with Crippen molar-refractivity contribution in [3.05, 3.63) is 0 Å². The number of aliphatic hydroxyl groups is 1. The molecule has 1 saturated heterocycles. The normalized spacial score (nSPS) is 24.9. The Hall–Kier alpha value is -0.120. The third-order valence-corrected chi connectivity index (χ3v) is 3.54. The predicted octanol–water partition coefficient (Wildman–Crippen LogP) is 1.51. The van der Waals surface area contributed by atoms with E-state index in [4.69, 9.17) is 5.11 Å². The zero-order chi connectivity index (χ0) is 12.0. The molecule has 16 heavy (non-hydrogen) atoms. The van der Waals surface area contributed by atoms with E-state index in [-0.39, 0.29) is 6.61 Å². The largest absolute Gasteiger partial charge is 0.396 e. The van der Waals surface area contributed by atoms with Gasteiger partial charge >= 0.3 is 0 Å². The van der Waals surface area contributed by atoms with Crippen LogP contribution in [0.2, 0.25) is 0 Å². The minimum absolute atomic E-state index is 0.282. The van der Waals surface area contributed by atoms with Crippen molar-refractivity contribution in [2.45, 2.75) is 64.6 Å². The summed E-state index contributed by atoms with van der Waals surface area (Å²) >= 11 is 0. The standard InChI is InChI=1S/C13H28N2O/c1-10(2)13(6-8-16)15-11(3)9-12-5-4-7-14-12/h10-16H,4-9H2,1-3H3. The van der Waals surface area contributed by atoms with Gasteiger partial charge in [-0.2, -0.15) is 0 Å². The Kier molecular flexibility index (Phi) is 6.32. The fraction of sp³-hybridized carbons (Fsp3) is 1.00. The highest BCUT2D eigenvalue weighted by Gasteiger charge is 2.20. The van der Waals surface area contributed by atoms with Crippen LogP contribution < -0.4 is 10.6 Å². The molecule has 0 aromatic carbocycles. The molecule has 1 fully saturated rings. The SMILES string of the molecule is CC(CC1CCCN1)NC(CCO)C(C)C. The molecule has 1 rings (SSSR count). The van der Waals surface area contributed by atoms with Crippen LogP contribution in [0.4, 0.5) is 0 Å². The van der Waals surface area contributed by atoms with E-state index in [1.165, 1.54) is 25.8 Å². The van der Waals surface area contributed by atoms with Gasteiger partial charge in [0.1, 0.15) is 0 Å². The van der Waals surface area contributed by atoms with Gasteiger partial charge in [0, 0.05) is 24.7 Å². The lowest BCUT2D eigenvalue weighted by atomic mass is 9.98. The highest BCUT2D eigenvalue weighted by molar-refractivity contribution is 4.81. The van der Waals surface area contributed by atoms with Crippen molar-refractivity contribution in [2.75, 3.05) is 13.2 Å². The van der Waals surface area contributed by atoms with Crippen LogP contribution in [0.5, 0.6) is 0 Å². The van der Waals surface area contributed by atoms with Gasteiger partial charge in [0.25, 0.3) is 0 Å². The summed E-state index contributed by atoms with van der Waals surface area (Å²) in [5, 5.41) is 16.2. The smallest absolute Gasteiger partial charge is 0.0445 e. The van der Waals surface area contributed by atoms with Crippen molar-refractivity contribution in [3.63, 3.8) is 0 Å². The lowest BCUT2D eigenvalue weighted by Crippen LogP contribution is -2.43. The average molecular weight is 228 g/mol. The van der Waals surface area contributed by atoms with E-state index in [0.717, 1.165) is 6.42 Å². The molecule has 0 spiro atoms. The molecule has 0 radical (unpaired) electrons. The summed E-state index contributed by atoms with van der Waals surface area (Å²) in [4.78, 5) is 0. The molecule has 3 unspecified atom stereocenters. The first kappa shape index (κ1) is 13.9. The Morgan fingerprint density at radius 3 is 2.62 bits per heavy atom. The molecule has 3 nitrogen and oxygen atoms in total. The van der Waals surface area contributed by atoms with Crippen molar-refractivity contribution < 1.29 is 5.11 Å². The molecule has 0 amide bonds. The second-order valence-electron chi connectivity index (χ2n) is 5.46. The fourth-order valence-electron chi connectivity index (χ4n) is 2.57. The Morgan fingerprint density at radius 2 is 2.12 bits per heavy atom. The van der Waals surface area contributed by atoms with Gasteiger partial charge in [-0.25, -0.2) is 0 Å². The van der Waals surface area contributed by atoms with Crippen LogP contribution in [0.3, 0.4) is 0 Å². The van der Waals surface area contributed by atoms with E-state index in [1.54, 1.807) is 0 Å². The van der Waals surface area contributed by atoms with Gasteiger partial charge in [0.05, 0.1) is 0 Å². The summed E-state index contributed by atoms with van der Waals surface area (Å²) in [7, 11) is 0. The monoisotopic (exact) mass is 228 g/mol. The van der Waals surface area contributed by atoms with Crippen LogP contribution >= 0.6 is 0 Å². The molecule has 0 aliphatic carbocycles. The maximum absolute atomic E-state index is 9.03. The van der Waals surface area contributed by atoms with E-state index >= 15 is 0 Å². The lowest BCUT2D eigenvalue weighted by molar-refractivity contribution is 0.232. The predicted molar refractivity (Wildman–Crippen MR) is 68.6 cm³/mol. The van der Waals surface area contributed by atoms with Gasteiger partial charge < -0.3 is 15.7 Å². The quantitative estimate of drug-likeness (QED) is 0.619. The summed E-state index contributed by atoms with van der Waals surface area (Å²) in [6, 6.07) is 1.68. The van der Waals surface area contributed by atoms with E-state index in [0.29, 0.717) is 24.0 Å². The van der Waals surface area contributed by atoms with Crippen molar-refractivity contribution in [3.8, 4) is 0 Å². The molecule has 3 N–H and O–H groups in total. The Morgan fingerprint density at radius 1 is 1.38 bits per heavy atom. The first-order valence-corrected chi connectivity index (χ1v) is 6.73. The van der Waals surface area contributed by atoms with Crippen LogP contribution in [0.25, 0.3) is 0 Å². The molecule has 3 heteroatoms. The minimum Gasteiger partial charge on any atom is -0.396 e.